The number of ether oxygens (including phenoxy) is 2. The monoisotopic (exact) mass is 364 g/mol. The molecule has 0 bridgehead atoms. The summed E-state index contributed by atoms with van der Waals surface area (Å²) in [6.45, 7) is 0.510. The third-order valence-electron chi connectivity index (χ3n) is 5.35. The first-order valence-electron chi connectivity index (χ1n) is 8.42. The van der Waals surface area contributed by atoms with Gasteiger partial charge in [-0.3, -0.25) is 0 Å². The molecular weight excluding hydrogens is 348 g/mol. The number of aliphatic carboxylic acids is 1. The molecule has 1 spiro atoms. The minimum Gasteiger partial charge on any atom is -0.477 e. The van der Waals surface area contributed by atoms with Gasteiger partial charge in [0, 0.05) is 0 Å². The van der Waals surface area contributed by atoms with Gasteiger partial charge in [-0.2, -0.15) is 0 Å². The van der Waals surface area contributed by atoms with E-state index in [4.69, 9.17) is 9.47 Å². The van der Waals surface area contributed by atoms with Crippen LogP contribution in [0.5, 0.6) is 0 Å². The largest absolute Gasteiger partial charge is 0.477 e. The summed E-state index contributed by atoms with van der Waals surface area (Å²) in [5.74, 6) is -2.85. The molecule has 26 heavy (non-hydrogen) atoms. The smallest absolute Gasteiger partial charge is 0.370 e. The fourth-order valence-corrected chi connectivity index (χ4v) is 4.92. The molecule has 130 valence electrons. The molecule has 3 aromatic rings. The second-order valence-corrected chi connectivity index (χ2v) is 7.60. The number of carboxylic acids is 1. The van der Waals surface area contributed by atoms with Crippen molar-refractivity contribution >= 4 is 17.3 Å². The third kappa shape index (κ3) is 1.93. The van der Waals surface area contributed by atoms with Crippen LogP contribution in [0.1, 0.15) is 16.0 Å². The van der Waals surface area contributed by atoms with Gasteiger partial charge in [0.25, 0.3) is 0 Å². The highest BCUT2D eigenvalue weighted by molar-refractivity contribution is 7.10. The van der Waals surface area contributed by atoms with Crippen molar-refractivity contribution in [2.24, 2.45) is 0 Å². The topological polar surface area (TPSA) is 55.8 Å². The minimum absolute atomic E-state index is 0.255. The number of carbonyl (C=O) groups is 1. The molecule has 1 fully saturated rings. The number of hydrogen-bond acceptors (Lipinski definition) is 4. The van der Waals surface area contributed by atoms with E-state index in [1.54, 1.807) is 6.07 Å². The Morgan fingerprint density at radius 3 is 1.96 bits per heavy atom. The van der Waals surface area contributed by atoms with E-state index in [0.717, 1.165) is 22.3 Å². The zero-order valence-electron chi connectivity index (χ0n) is 13.8. The first kappa shape index (κ1) is 15.8. The Hall–Kier alpha value is -2.47. The van der Waals surface area contributed by atoms with Crippen LogP contribution in [-0.2, 0) is 25.5 Å². The van der Waals surface area contributed by atoms with Gasteiger partial charge >= 0.3 is 11.8 Å². The van der Waals surface area contributed by atoms with Crippen molar-refractivity contribution in [1.82, 2.24) is 0 Å². The number of hydrogen-bond donors (Lipinski definition) is 1. The van der Waals surface area contributed by atoms with Crippen LogP contribution >= 0.6 is 11.3 Å². The van der Waals surface area contributed by atoms with Crippen LogP contribution in [0.4, 0.5) is 0 Å². The van der Waals surface area contributed by atoms with E-state index in [-0.39, 0.29) is 13.2 Å². The van der Waals surface area contributed by atoms with E-state index in [9.17, 15) is 9.90 Å². The van der Waals surface area contributed by atoms with Gasteiger partial charge in [-0.25, -0.2) is 4.79 Å². The highest BCUT2D eigenvalue weighted by atomic mass is 32.1. The zero-order valence-corrected chi connectivity index (χ0v) is 14.7. The average molecular weight is 364 g/mol. The van der Waals surface area contributed by atoms with Gasteiger partial charge in [0.2, 0.25) is 0 Å². The summed E-state index contributed by atoms with van der Waals surface area (Å²) in [7, 11) is 0. The summed E-state index contributed by atoms with van der Waals surface area (Å²) < 4.78 is 12.0. The Morgan fingerprint density at radius 2 is 1.46 bits per heavy atom. The molecule has 2 aromatic carbocycles. The van der Waals surface area contributed by atoms with Crippen LogP contribution < -0.4 is 0 Å². The van der Waals surface area contributed by atoms with Crippen LogP contribution in [-0.4, -0.2) is 24.3 Å². The molecule has 1 N–H and O–H groups in total. The Balaban J connectivity index is 1.62. The molecule has 5 heteroatoms. The van der Waals surface area contributed by atoms with Gasteiger partial charge in [-0.15, -0.1) is 11.3 Å². The van der Waals surface area contributed by atoms with Crippen molar-refractivity contribution in [1.29, 1.82) is 0 Å². The Labute approximate surface area is 154 Å². The van der Waals surface area contributed by atoms with E-state index in [2.05, 4.69) is 24.3 Å². The second-order valence-electron chi connectivity index (χ2n) is 6.65. The van der Waals surface area contributed by atoms with Gasteiger partial charge in [0.05, 0.1) is 23.5 Å². The number of fused-ring (bicyclic) bond motifs is 5. The molecule has 0 atom stereocenters. The summed E-state index contributed by atoms with van der Waals surface area (Å²) in [6.07, 6.45) is 0. The molecule has 1 saturated heterocycles. The first-order valence-corrected chi connectivity index (χ1v) is 9.30. The lowest BCUT2D eigenvalue weighted by Gasteiger charge is -2.43. The normalized spacial score (nSPS) is 19.1. The molecule has 2 aliphatic rings. The van der Waals surface area contributed by atoms with Gasteiger partial charge in [-0.05, 0) is 33.7 Å². The molecule has 0 amide bonds. The van der Waals surface area contributed by atoms with Crippen LogP contribution in [0.3, 0.4) is 0 Å². The first-order chi connectivity index (χ1) is 12.7. The minimum atomic E-state index is -1.73. The van der Waals surface area contributed by atoms with Gasteiger partial charge < -0.3 is 14.6 Å². The van der Waals surface area contributed by atoms with Crippen molar-refractivity contribution in [2.45, 2.75) is 11.2 Å². The maximum absolute atomic E-state index is 12.0. The lowest BCUT2D eigenvalue weighted by atomic mass is 9.79. The number of rotatable bonds is 2. The van der Waals surface area contributed by atoms with Crippen molar-refractivity contribution in [3.63, 3.8) is 0 Å². The van der Waals surface area contributed by atoms with Crippen LogP contribution in [0.25, 0.3) is 11.1 Å². The van der Waals surface area contributed by atoms with E-state index in [0.29, 0.717) is 4.88 Å². The molecule has 0 saturated carbocycles. The maximum Gasteiger partial charge on any atom is 0.370 e. The third-order valence-corrected chi connectivity index (χ3v) is 6.30. The molecule has 2 heterocycles. The van der Waals surface area contributed by atoms with Crippen molar-refractivity contribution in [2.75, 3.05) is 13.2 Å². The fraction of sp³-hybridized carbons (Fsp3) is 0.190. The van der Waals surface area contributed by atoms with Crippen LogP contribution in [0.15, 0.2) is 66.0 Å². The van der Waals surface area contributed by atoms with Crippen LogP contribution in [0, 0.1) is 0 Å². The molecule has 1 aliphatic heterocycles. The van der Waals surface area contributed by atoms with E-state index >= 15 is 0 Å². The predicted octanol–water partition coefficient (Wildman–Crippen LogP) is 4.00. The second kappa shape index (κ2) is 5.51. The van der Waals surface area contributed by atoms with Gasteiger partial charge in [0.15, 0.2) is 0 Å². The lowest BCUT2D eigenvalue weighted by Crippen LogP contribution is -2.53. The van der Waals surface area contributed by atoms with Crippen molar-refractivity contribution in [3.8, 4) is 11.1 Å². The van der Waals surface area contributed by atoms with E-state index < -0.39 is 17.2 Å². The Morgan fingerprint density at radius 1 is 0.885 bits per heavy atom. The Bertz CT molecular complexity index is 937. The zero-order chi connectivity index (χ0) is 17.8. The molecule has 0 unspecified atom stereocenters. The summed E-state index contributed by atoms with van der Waals surface area (Å²) in [4.78, 5) is 12.6. The molecule has 5 rings (SSSR count). The van der Waals surface area contributed by atoms with Crippen molar-refractivity contribution < 1.29 is 19.4 Å². The molecule has 4 nitrogen and oxygen atoms in total. The molecule has 1 aliphatic carbocycles. The SMILES string of the molecule is O=C(O)C1(c2cccs2)OCC2(CO1)c1ccccc1-c1ccccc12. The number of benzene rings is 2. The van der Waals surface area contributed by atoms with Gasteiger partial charge in [-0.1, -0.05) is 54.6 Å². The van der Waals surface area contributed by atoms with Crippen molar-refractivity contribution in [3.05, 3.63) is 82.0 Å². The highest BCUT2D eigenvalue weighted by Crippen LogP contribution is 2.52. The summed E-state index contributed by atoms with van der Waals surface area (Å²) in [5, 5.41) is 11.7. The molecular formula is C21H16O4S. The summed E-state index contributed by atoms with van der Waals surface area (Å²) >= 11 is 1.33. The Kier molecular flexibility index (Phi) is 3.34. The molecule has 1 aromatic heterocycles. The fourth-order valence-electron chi connectivity index (χ4n) is 4.10. The van der Waals surface area contributed by atoms with E-state index in [1.165, 1.54) is 11.3 Å². The maximum atomic E-state index is 12.0. The van der Waals surface area contributed by atoms with E-state index in [1.807, 2.05) is 35.7 Å². The lowest BCUT2D eigenvalue weighted by molar-refractivity contribution is -0.285. The van der Waals surface area contributed by atoms with Gasteiger partial charge in [0.1, 0.15) is 0 Å². The number of thiophene rings is 1. The predicted molar refractivity (Wildman–Crippen MR) is 98.2 cm³/mol. The quantitative estimate of drug-likeness (QED) is 0.747. The highest BCUT2D eigenvalue weighted by Gasteiger charge is 2.55. The average Bonchev–Trinajstić information content (AvgIpc) is 3.31. The summed E-state index contributed by atoms with van der Waals surface area (Å²) in [5.41, 5.74) is 4.10. The summed E-state index contributed by atoms with van der Waals surface area (Å²) in [6, 6.07) is 20.0. The van der Waals surface area contributed by atoms with Crippen LogP contribution in [0.2, 0.25) is 0 Å². The standard InChI is InChI=1S/C21H16O4S/c22-19(23)21(18-10-5-11-26-18)24-12-20(13-25-21)16-8-3-1-6-14(16)15-7-2-4-9-17(15)20/h1-11H,12-13H2,(H,22,23). The molecule has 0 radical (unpaired) electrons. The number of carboxylic acid groups (broad SMARTS) is 1.